The standard InChI is InChI=1S/C13H18Br2N4O3/c1-12(2,3)22-11(21)19-13(4,5)10(20)18-9-8(15)17-7(14)6-16-9/h6H,1-5H3,(H,19,21)(H,16,18,20). The van der Waals surface area contributed by atoms with E-state index in [1.54, 1.807) is 34.6 Å². The fourth-order valence-corrected chi connectivity index (χ4v) is 2.22. The molecule has 1 aromatic heterocycles. The van der Waals surface area contributed by atoms with E-state index in [2.05, 4.69) is 52.5 Å². The van der Waals surface area contributed by atoms with Crippen LogP contribution in [0.25, 0.3) is 0 Å². The highest BCUT2D eigenvalue weighted by Crippen LogP contribution is 2.20. The van der Waals surface area contributed by atoms with Crippen molar-refractivity contribution in [2.45, 2.75) is 45.8 Å². The number of hydrogen-bond donors (Lipinski definition) is 2. The molecule has 0 saturated carbocycles. The summed E-state index contributed by atoms with van der Waals surface area (Å²) in [5.41, 5.74) is -1.83. The molecule has 0 bridgehead atoms. The number of ether oxygens (including phenoxy) is 1. The molecule has 2 amide bonds. The molecule has 0 aromatic carbocycles. The number of carbonyl (C=O) groups excluding carboxylic acids is 2. The van der Waals surface area contributed by atoms with Gasteiger partial charge in [-0.25, -0.2) is 14.8 Å². The Bertz CT molecular complexity index is 585. The Kier molecular flexibility index (Phi) is 5.91. The minimum atomic E-state index is -1.18. The van der Waals surface area contributed by atoms with E-state index in [4.69, 9.17) is 4.74 Å². The summed E-state index contributed by atoms with van der Waals surface area (Å²) < 4.78 is 6.05. The van der Waals surface area contributed by atoms with Gasteiger partial charge in [0.15, 0.2) is 5.82 Å². The highest BCUT2D eigenvalue weighted by Gasteiger charge is 2.32. The van der Waals surface area contributed by atoms with Gasteiger partial charge in [0.2, 0.25) is 0 Å². The molecule has 0 fully saturated rings. The summed E-state index contributed by atoms with van der Waals surface area (Å²) in [4.78, 5) is 32.2. The van der Waals surface area contributed by atoms with Crippen LogP contribution >= 0.6 is 31.9 Å². The first-order chi connectivity index (χ1) is 9.90. The number of nitrogens with zero attached hydrogens (tertiary/aromatic N) is 2. The first kappa shape index (κ1) is 18.8. The van der Waals surface area contributed by atoms with Gasteiger partial charge in [0, 0.05) is 0 Å². The number of rotatable bonds is 3. The average Bonchev–Trinajstić information content (AvgIpc) is 2.29. The summed E-state index contributed by atoms with van der Waals surface area (Å²) in [6.45, 7) is 8.36. The van der Waals surface area contributed by atoms with Crippen LogP contribution < -0.4 is 10.6 Å². The molecule has 7 nitrogen and oxygen atoms in total. The van der Waals surface area contributed by atoms with E-state index < -0.39 is 23.1 Å². The van der Waals surface area contributed by atoms with Crippen molar-refractivity contribution in [1.29, 1.82) is 0 Å². The number of aromatic nitrogens is 2. The van der Waals surface area contributed by atoms with Gasteiger partial charge in [-0.3, -0.25) is 4.79 Å². The highest BCUT2D eigenvalue weighted by atomic mass is 79.9. The molecule has 0 aliphatic rings. The average molecular weight is 438 g/mol. The molecule has 0 radical (unpaired) electrons. The number of anilines is 1. The smallest absolute Gasteiger partial charge is 0.408 e. The number of amides is 2. The fraction of sp³-hybridized carbons (Fsp3) is 0.538. The van der Waals surface area contributed by atoms with Crippen LogP contribution in [0.5, 0.6) is 0 Å². The van der Waals surface area contributed by atoms with Crippen molar-refractivity contribution in [2.75, 3.05) is 5.32 Å². The Morgan fingerprint density at radius 1 is 1.18 bits per heavy atom. The molecule has 0 aliphatic carbocycles. The van der Waals surface area contributed by atoms with Crippen LogP contribution in [0.1, 0.15) is 34.6 Å². The summed E-state index contributed by atoms with van der Waals surface area (Å²) >= 11 is 6.38. The van der Waals surface area contributed by atoms with Gasteiger partial charge < -0.3 is 15.4 Å². The Morgan fingerprint density at radius 3 is 2.27 bits per heavy atom. The van der Waals surface area contributed by atoms with E-state index in [1.807, 2.05) is 0 Å². The predicted octanol–water partition coefficient (Wildman–Crippen LogP) is 3.24. The molecule has 0 spiro atoms. The zero-order valence-electron chi connectivity index (χ0n) is 13.0. The van der Waals surface area contributed by atoms with E-state index >= 15 is 0 Å². The second-order valence-corrected chi connectivity index (χ2v) is 7.60. The number of carbonyl (C=O) groups is 2. The van der Waals surface area contributed by atoms with Gasteiger partial charge >= 0.3 is 6.09 Å². The summed E-state index contributed by atoms with van der Waals surface area (Å²) in [6.07, 6.45) is 0.780. The lowest BCUT2D eigenvalue weighted by Crippen LogP contribution is -2.53. The minimum absolute atomic E-state index is 0.257. The summed E-state index contributed by atoms with van der Waals surface area (Å²) in [6, 6.07) is 0. The van der Waals surface area contributed by atoms with E-state index in [-0.39, 0.29) is 5.82 Å². The van der Waals surface area contributed by atoms with Gasteiger partial charge in [0.25, 0.3) is 5.91 Å². The SMILES string of the molecule is CC(C)(C)OC(=O)NC(C)(C)C(=O)Nc1ncc(Br)nc1Br. The predicted molar refractivity (Wildman–Crippen MR) is 89.5 cm³/mol. The normalized spacial score (nSPS) is 11.8. The molecular weight excluding hydrogens is 420 g/mol. The molecule has 22 heavy (non-hydrogen) atoms. The van der Waals surface area contributed by atoms with Crippen LogP contribution in [0.2, 0.25) is 0 Å². The largest absolute Gasteiger partial charge is 0.444 e. The van der Waals surface area contributed by atoms with Gasteiger partial charge in [-0.05, 0) is 66.5 Å². The molecule has 1 rings (SSSR count). The molecule has 0 atom stereocenters. The zero-order chi connectivity index (χ0) is 17.1. The Balaban J connectivity index is 2.76. The molecule has 0 saturated heterocycles. The van der Waals surface area contributed by atoms with Gasteiger partial charge in [-0.1, -0.05) is 0 Å². The van der Waals surface area contributed by atoms with E-state index in [1.165, 1.54) is 6.20 Å². The van der Waals surface area contributed by atoms with Crippen LogP contribution in [-0.4, -0.2) is 33.1 Å². The lowest BCUT2D eigenvalue weighted by atomic mass is 10.1. The van der Waals surface area contributed by atoms with Crippen LogP contribution in [0.15, 0.2) is 15.4 Å². The van der Waals surface area contributed by atoms with E-state index in [0.717, 1.165) is 0 Å². The first-order valence-electron chi connectivity index (χ1n) is 6.41. The molecule has 0 aliphatic heterocycles. The quantitative estimate of drug-likeness (QED) is 0.756. The number of hydrogen-bond acceptors (Lipinski definition) is 5. The molecule has 0 unspecified atom stereocenters. The monoisotopic (exact) mass is 436 g/mol. The zero-order valence-corrected chi connectivity index (χ0v) is 16.1. The summed E-state index contributed by atoms with van der Waals surface area (Å²) in [5, 5.41) is 5.11. The van der Waals surface area contributed by atoms with E-state index in [0.29, 0.717) is 9.21 Å². The van der Waals surface area contributed by atoms with Crippen LogP contribution in [0, 0.1) is 0 Å². The maximum atomic E-state index is 12.3. The van der Waals surface area contributed by atoms with Gasteiger partial charge in [-0.2, -0.15) is 0 Å². The topological polar surface area (TPSA) is 93.2 Å². The maximum Gasteiger partial charge on any atom is 0.408 e. The lowest BCUT2D eigenvalue weighted by molar-refractivity contribution is -0.121. The number of alkyl carbamates (subject to hydrolysis) is 1. The van der Waals surface area contributed by atoms with Gasteiger partial charge in [-0.15, -0.1) is 0 Å². The van der Waals surface area contributed by atoms with E-state index in [9.17, 15) is 9.59 Å². The molecule has 1 heterocycles. The third-order valence-corrected chi connectivity index (χ3v) is 3.25. The summed E-state index contributed by atoms with van der Waals surface area (Å²) in [7, 11) is 0. The second kappa shape index (κ2) is 6.91. The van der Waals surface area contributed by atoms with Crippen molar-refractivity contribution < 1.29 is 14.3 Å². The minimum Gasteiger partial charge on any atom is -0.444 e. The lowest BCUT2D eigenvalue weighted by Gasteiger charge is -2.27. The Hall–Kier alpha value is -1.22. The number of nitrogens with one attached hydrogen (secondary N) is 2. The third kappa shape index (κ3) is 5.88. The van der Waals surface area contributed by atoms with Gasteiger partial charge in [0.1, 0.15) is 20.3 Å². The number of halogens is 2. The van der Waals surface area contributed by atoms with Crippen molar-refractivity contribution >= 4 is 49.7 Å². The van der Waals surface area contributed by atoms with Crippen LogP contribution in [0.3, 0.4) is 0 Å². The second-order valence-electron chi connectivity index (χ2n) is 6.04. The molecular formula is C13H18Br2N4O3. The van der Waals surface area contributed by atoms with Crippen molar-refractivity contribution in [3.05, 3.63) is 15.4 Å². The molecule has 9 heteroatoms. The van der Waals surface area contributed by atoms with Crippen molar-refractivity contribution in [2.24, 2.45) is 0 Å². The van der Waals surface area contributed by atoms with Gasteiger partial charge in [0.05, 0.1) is 6.20 Å². The maximum absolute atomic E-state index is 12.3. The third-order valence-electron chi connectivity index (χ3n) is 2.31. The van der Waals surface area contributed by atoms with Crippen LogP contribution in [0.4, 0.5) is 10.6 Å². The Labute approximate surface area is 145 Å². The molecule has 1 aromatic rings. The Morgan fingerprint density at radius 2 is 1.77 bits per heavy atom. The molecule has 122 valence electrons. The van der Waals surface area contributed by atoms with Crippen molar-refractivity contribution in [3.8, 4) is 0 Å². The van der Waals surface area contributed by atoms with Crippen molar-refractivity contribution in [3.63, 3.8) is 0 Å². The first-order valence-corrected chi connectivity index (χ1v) is 8.00. The summed E-state index contributed by atoms with van der Waals surface area (Å²) in [5.74, 6) is -0.192. The van der Waals surface area contributed by atoms with Crippen LogP contribution in [-0.2, 0) is 9.53 Å². The van der Waals surface area contributed by atoms with Crippen molar-refractivity contribution in [1.82, 2.24) is 15.3 Å². The molecule has 2 N–H and O–H groups in total. The highest BCUT2D eigenvalue weighted by molar-refractivity contribution is 9.11. The fourth-order valence-electron chi connectivity index (χ4n) is 1.31.